The first-order valence-electron chi connectivity index (χ1n) is 6.22. The van der Waals surface area contributed by atoms with E-state index in [1.807, 2.05) is 24.3 Å². The maximum absolute atomic E-state index is 6.22. The zero-order chi connectivity index (χ0) is 14.5. The van der Waals surface area contributed by atoms with Crippen LogP contribution in [0.2, 0.25) is 5.02 Å². The highest BCUT2D eigenvalue weighted by Crippen LogP contribution is 2.37. The molecule has 2 aromatic rings. The average Bonchev–Trinajstić information content (AvgIpc) is 2.47. The van der Waals surface area contributed by atoms with Crippen LogP contribution in [0.15, 0.2) is 36.5 Å². The quantitative estimate of drug-likeness (QED) is 0.920. The fourth-order valence-corrected chi connectivity index (χ4v) is 2.31. The molecule has 0 amide bonds. The molecule has 0 saturated heterocycles. The van der Waals surface area contributed by atoms with E-state index in [0.717, 1.165) is 11.3 Å². The number of aromatic nitrogens is 1. The molecule has 0 radical (unpaired) electrons. The van der Waals surface area contributed by atoms with Crippen molar-refractivity contribution < 1.29 is 9.47 Å². The van der Waals surface area contributed by atoms with Crippen molar-refractivity contribution in [3.05, 3.63) is 52.8 Å². The van der Waals surface area contributed by atoms with Crippen molar-refractivity contribution in [2.75, 3.05) is 14.2 Å². The molecule has 0 fully saturated rings. The smallest absolute Gasteiger partial charge is 0.179 e. The second-order valence-corrected chi connectivity index (χ2v) is 4.78. The Bertz CT molecular complexity index is 576. The number of pyridine rings is 1. The van der Waals surface area contributed by atoms with Gasteiger partial charge in [-0.1, -0.05) is 17.7 Å². The van der Waals surface area contributed by atoms with Gasteiger partial charge in [-0.05, 0) is 29.8 Å². The molecule has 5 heteroatoms. The van der Waals surface area contributed by atoms with Gasteiger partial charge < -0.3 is 15.2 Å². The zero-order valence-electron chi connectivity index (χ0n) is 11.5. The van der Waals surface area contributed by atoms with E-state index < -0.39 is 0 Å². The minimum absolute atomic E-state index is 0.206. The monoisotopic (exact) mass is 292 g/mol. The third-order valence-electron chi connectivity index (χ3n) is 3.04. The van der Waals surface area contributed by atoms with Crippen molar-refractivity contribution in [1.82, 2.24) is 4.98 Å². The molecule has 2 N–H and O–H groups in total. The van der Waals surface area contributed by atoms with E-state index in [2.05, 4.69) is 4.98 Å². The number of hydrogen-bond acceptors (Lipinski definition) is 4. The summed E-state index contributed by atoms with van der Waals surface area (Å²) in [4.78, 5) is 4.27. The Morgan fingerprint density at radius 3 is 2.65 bits per heavy atom. The van der Waals surface area contributed by atoms with E-state index in [1.165, 1.54) is 0 Å². The van der Waals surface area contributed by atoms with Gasteiger partial charge in [-0.3, -0.25) is 4.98 Å². The van der Waals surface area contributed by atoms with Gasteiger partial charge in [0.05, 0.1) is 19.2 Å². The molecule has 106 valence electrons. The first kappa shape index (κ1) is 14.6. The summed E-state index contributed by atoms with van der Waals surface area (Å²) in [6, 6.07) is 9.21. The van der Waals surface area contributed by atoms with Crippen LogP contribution >= 0.6 is 11.6 Å². The molecule has 0 bridgehead atoms. The van der Waals surface area contributed by atoms with E-state index in [9.17, 15) is 0 Å². The molecule has 0 aliphatic rings. The average molecular weight is 293 g/mol. The van der Waals surface area contributed by atoms with E-state index in [-0.39, 0.29) is 6.04 Å². The molecule has 1 heterocycles. The first-order valence-corrected chi connectivity index (χ1v) is 6.60. The Hall–Kier alpha value is -1.78. The van der Waals surface area contributed by atoms with Crippen LogP contribution in [-0.4, -0.2) is 19.2 Å². The highest BCUT2D eigenvalue weighted by molar-refractivity contribution is 6.32. The lowest BCUT2D eigenvalue weighted by molar-refractivity contribution is 0.354. The summed E-state index contributed by atoms with van der Waals surface area (Å²) in [7, 11) is 3.12. The van der Waals surface area contributed by atoms with Crippen molar-refractivity contribution in [2.45, 2.75) is 12.5 Å². The first-order chi connectivity index (χ1) is 9.65. The minimum atomic E-state index is -0.206. The lowest BCUT2D eigenvalue weighted by Gasteiger charge is -2.16. The molecule has 1 aromatic carbocycles. The number of halogens is 1. The Balaban J connectivity index is 2.26. The summed E-state index contributed by atoms with van der Waals surface area (Å²) in [6.07, 6.45) is 2.39. The summed E-state index contributed by atoms with van der Waals surface area (Å²) in [5.41, 5.74) is 8.04. The van der Waals surface area contributed by atoms with E-state index in [0.29, 0.717) is 22.9 Å². The predicted molar refractivity (Wildman–Crippen MR) is 79.4 cm³/mol. The number of methoxy groups -OCH3 is 2. The van der Waals surface area contributed by atoms with Crippen LogP contribution in [0.1, 0.15) is 17.3 Å². The maximum atomic E-state index is 6.22. The van der Waals surface area contributed by atoms with Crippen LogP contribution in [0.3, 0.4) is 0 Å². The molecule has 0 aliphatic carbocycles. The minimum Gasteiger partial charge on any atom is -0.493 e. The summed E-state index contributed by atoms with van der Waals surface area (Å²) < 4.78 is 10.5. The van der Waals surface area contributed by atoms with Crippen molar-refractivity contribution in [3.8, 4) is 11.5 Å². The number of hydrogen-bond donors (Lipinski definition) is 1. The third kappa shape index (κ3) is 3.21. The number of nitrogens with zero attached hydrogens (tertiary/aromatic N) is 1. The van der Waals surface area contributed by atoms with Crippen LogP contribution in [0.4, 0.5) is 0 Å². The van der Waals surface area contributed by atoms with Crippen molar-refractivity contribution >= 4 is 11.6 Å². The molecule has 4 nitrogen and oxygen atoms in total. The van der Waals surface area contributed by atoms with Crippen LogP contribution < -0.4 is 15.2 Å². The van der Waals surface area contributed by atoms with Crippen LogP contribution in [-0.2, 0) is 6.42 Å². The molecule has 20 heavy (non-hydrogen) atoms. The SMILES string of the molecule is COc1cc(C(N)Cc2ccccn2)cc(Cl)c1OC. The van der Waals surface area contributed by atoms with Gasteiger partial charge in [0.1, 0.15) is 0 Å². The molecule has 0 spiro atoms. The number of benzene rings is 1. The van der Waals surface area contributed by atoms with Gasteiger partial charge in [0, 0.05) is 24.4 Å². The second-order valence-electron chi connectivity index (χ2n) is 4.37. The number of nitrogens with two attached hydrogens (primary N) is 1. The van der Waals surface area contributed by atoms with E-state index >= 15 is 0 Å². The van der Waals surface area contributed by atoms with Crippen LogP contribution in [0.25, 0.3) is 0 Å². The lowest BCUT2D eigenvalue weighted by Crippen LogP contribution is -2.14. The third-order valence-corrected chi connectivity index (χ3v) is 3.32. The number of ether oxygens (including phenoxy) is 2. The van der Waals surface area contributed by atoms with Gasteiger partial charge in [0.2, 0.25) is 0 Å². The highest BCUT2D eigenvalue weighted by atomic mass is 35.5. The van der Waals surface area contributed by atoms with Crippen LogP contribution in [0, 0.1) is 0 Å². The molecular weight excluding hydrogens is 276 g/mol. The van der Waals surface area contributed by atoms with Crippen LogP contribution in [0.5, 0.6) is 11.5 Å². The molecule has 0 saturated carbocycles. The van der Waals surface area contributed by atoms with Gasteiger partial charge in [0.15, 0.2) is 11.5 Å². The van der Waals surface area contributed by atoms with Crippen molar-refractivity contribution in [3.63, 3.8) is 0 Å². The van der Waals surface area contributed by atoms with Gasteiger partial charge in [0.25, 0.3) is 0 Å². The summed E-state index contributed by atoms with van der Waals surface area (Å²) >= 11 is 6.18. The summed E-state index contributed by atoms with van der Waals surface area (Å²) in [6.45, 7) is 0. The predicted octanol–water partition coefficient (Wildman–Crippen LogP) is 2.99. The molecular formula is C15H17ClN2O2. The van der Waals surface area contributed by atoms with Gasteiger partial charge in [-0.15, -0.1) is 0 Å². The molecule has 0 aliphatic heterocycles. The Kier molecular flexibility index (Phi) is 4.82. The standard InChI is InChI=1S/C15H17ClN2O2/c1-19-14-8-10(7-12(16)15(14)20-2)13(17)9-11-5-3-4-6-18-11/h3-8,13H,9,17H2,1-2H3. The fourth-order valence-electron chi connectivity index (χ4n) is 2.01. The second kappa shape index (κ2) is 6.59. The molecule has 1 unspecified atom stereocenters. The van der Waals surface area contributed by atoms with E-state index in [4.69, 9.17) is 26.8 Å². The Morgan fingerprint density at radius 2 is 2.05 bits per heavy atom. The van der Waals surface area contributed by atoms with Gasteiger partial charge in [-0.25, -0.2) is 0 Å². The summed E-state index contributed by atoms with van der Waals surface area (Å²) in [5, 5.41) is 0.485. The van der Waals surface area contributed by atoms with Gasteiger partial charge >= 0.3 is 0 Å². The maximum Gasteiger partial charge on any atom is 0.179 e. The Morgan fingerprint density at radius 1 is 1.25 bits per heavy atom. The zero-order valence-corrected chi connectivity index (χ0v) is 12.2. The van der Waals surface area contributed by atoms with Gasteiger partial charge in [-0.2, -0.15) is 0 Å². The largest absolute Gasteiger partial charge is 0.493 e. The topological polar surface area (TPSA) is 57.4 Å². The Labute approximate surface area is 123 Å². The highest BCUT2D eigenvalue weighted by Gasteiger charge is 2.15. The molecule has 1 atom stereocenters. The molecule has 2 rings (SSSR count). The van der Waals surface area contributed by atoms with Crippen molar-refractivity contribution in [2.24, 2.45) is 5.73 Å². The van der Waals surface area contributed by atoms with Crippen molar-refractivity contribution in [1.29, 1.82) is 0 Å². The van der Waals surface area contributed by atoms with E-state index in [1.54, 1.807) is 26.5 Å². The number of rotatable bonds is 5. The normalized spacial score (nSPS) is 12.0. The summed E-state index contributed by atoms with van der Waals surface area (Å²) in [5.74, 6) is 1.09. The lowest BCUT2D eigenvalue weighted by atomic mass is 10.0. The molecule has 1 aromatic heterocycles. The fraction of sp³-hybridized carbons (Fsp3) is 0.267.